The summed E-state index contributed by atoms with van der Waals surface area (Å²) < 4.78 is 18.6. The first kappa shape index (κ1) is 12.9. The number of hydrogen-bond acceptors (Lipinski definition) is 3. The van der Waals surface area contributed by atoms with Gasteiger partial charge in [-0.1, -0.05) is 6.92 Å². The Hall–Kier alpha value is -1.17. The van der Waals surface area contributed by atoms with Gasteiger partial charge in [-0.2, -0.15) is 0 Å². The summed E-state index contributed by atoms with van der Waals surface area (Å²) in [5.74, 6) is -1.85. The van der Waals surface area contributed by atoms with Crippen LogP contribution in [-0.4, -0.2) is 53.9 Å². The predicted molar refractivity (Wildman–Crippen MR) is 53.8 cm³/mol. The molecule has 1 amide bonds. The van der Waals surface area contributed by atoms with E-state index in [-0.39, 0.29) is 25.4 Å². The molecule has 1 aliphatic heterocycles. The van der Waals surface area contributed by atoms with Crippen molar-refractivity contribution >= 4 is 11.9 Å². The number of alkyl halides is 1. The number of nitrogens with zero attached hydrogens (tertiary/aromatic N) is 1. The largest absolute Gasteiger partial charge is 0.479 e. The second kappa shape index (κ2) is 4.78. The third-order valence-corrected chi connectivity index (χ3v) is 2.85. The van der Waals surface area contributed by atoms with E-state index in [1.165, 1.54) is 12.0 Å². The molecule has 5 nitrogen and oxygen atoms in total. The van der Waals surface area contributed by atoms with Crippen LogP contribution < -0.4 is 0 Å². The van der Waals surface area contributed by atoms with Crippen LogP contribution in [0, 0.1) is 0 Å². The maximum atomic E-state index is 13.7. The van der Waals surface area contributed by atoms with Crippen LogP contribution in [0.15, 0.2) is 0 Å². The summed E-state index contributed by atoms with van der Waals surface area (Å²) in [6, 6.07) is 0. The third-order valence-electron chi connectivity index (χ3n) is 2.85. The van der Waals surface area contributed by atoms with Gasteiger partial charge in [-0.05, 0) is 6.42 Å². The molecule has 1 rings (SSSR count). The number of halogens is 1. The van der Waals surface area contributed by atoms with Gasteiger partial charge >= 0.3 is 5.97 Å². The Labute approximate surface area is 93.2 Å². The van der Waals surface area contributed by atoms with E-state index in [2.05, 4.69) is 0 Å². The number of ether oxygens (including phenoxy) is 1. The molecule has 2 atom stereocenters. The fourth-order valence-corrected chi connectivity index (χ4v) is 1.78. The average molecular weight is 233 g/mol. The van der Waals surface area contributed by atoms with Gasteiger partial charge in [0.2, 0.25) is 5.67 Å². The number of carboxylic acid groups (broad SMARTS) is 1. The molecule has 1 fully saturated rings. The van der Waals surface area contributed by atoms with Crippen molar-refractivity contribution in [1.82, 2.24) is 4.90 Å². The molecule has 16 heavy (non-hydrogen) atoms. The first-order valence-electron chi connectivity index (χ1n) is 5.18. The van der Waals surface area contributed by atoms with E-state index >= 15 is 0 Å². The number of hydrogen-bond donors (Lipinski definition) is 1. The highest BCUT2D eigenvalue weighted by Crippen LogP contribution is 2.26. The van der Waals surface area contributed by atoms with Crippen LogP contribution in [0.4, 0.5) is 4.39 Å². The van der Waals surface area contributed by atoms with E-state index in [1.54, 1.807) is 6.92 Å². The lowest BCUT2D eigenvalue weighted by atomic mass is 10.1. The second-order valence-electron chi connectivity index (χ2n) is 3.91. The minimum absolute atomic E-state index is 0.126. The van der Waals surface area contributed by atoms with Crippen LogP contribution in [0.25, 0.3) is 0 Å². The lowest BCUT2D eigenvalue weighted by Crippen LogP contribution is -2.42. The molecule has 2 unspecified atom stereocenters. The average Bonchev–Trinajstić information content (AvgIpc) is 2.64. The van der Waals surface area contributed by atoms with Crippen molar-refractivity contribution in [3.63, 3.8) is 0 Å². The van der Waals surface area contributed by atoms with E-state index in [1.807, 2.05) is 0 Å². The van der Waals surface area contributed by atoms with Gasteiger partial charge in [0.1, 0.15) is 6.10 Å². The van der Waals surface area contributed by atoms with E-state index < -0.39 is 17.7 Å². The van der Waals surface area contributed by atoms with E-state index in [0.717, 1.165) is 0 Å². The molecule has 1 heterocycles. The van der Waals surface area contributed by atoms with Gasteiger partial charge < -0.3 is 14.7 Å². The molecular weight excluding hydrogens is 217 g/mol. The Morgan fingerprint density at radius 2 is 2.25 bits per heavy atom. The smallest absolute Gasteiger partial charge is 0.343 e. The molecule has 6 heteroatoms. The highest BCUT2D eigenvalue weighted by Gasteiger charge is 2.47. The van der Waals surface area contributed by atoms with Crippen LogP contribution >= 0.6 is 0 Å². The zero-order valence-corrected chi connectivity index (χ0v) is 9.40. The van der Waals surface area contributed by atoms with Gasteiger partial charge in [-0.15, -0.1) is 0 Å². The van der Waals surface area contributed by atoms with Gasteiger partial charge in [0, 0.05) is 20.1 Å². The Morgan fingerprint density at radius 3 is 2.62 bits per heavy atom. The molecule has 0 saturated carbocycles. The Balaban J connectivity index is 2.66. The highest BCUT2D eigenvalue weighted by molar-refractivity contribution is 5.84. The molecule has 1 aliphatic rings. The van der Waals surface area contributed by atoms with Gasteiger partial charge in [0.15, 0.2) is 0 Å². The van der Waals surface area contributed by atoms with Crippen molar-refractivity contribution in [2.24, 2.45) is 0 Å². The van der Waals surface area contributed by atoms with Crippen LogP contribution in [-0.2, 0) is 14.3 Å². The number of rotatable bonds is 4. The van der Waals surface area contributed by atoms with E-state index in [4.69, 9.17) is 9.84 Å². The van der Waals surface area contributed by atoms with Crippen LogP contribution in [0.1, 0.15) is 19.8 Å². The zero-order valence-electron chi connectivity index (χ0n) is 9.40. The lowest BCUT2D eigenvalue weighted by Gasteiger charge is -2.22. The summed E-state index contributed by atoms with van der Waals surface area (Å²) in [5.41, 5.74) is -2.30. The van der Waals surface area contributed by atoms with Crippen LogP contribution in [0.5, 0.6) is 0 Å². The number of likely N-dealkylation sites (tertiary alicyclic amines) is 1. The number of carbonyl (C=O) groups excluding carboxylic acids is 1. The first-order chi connectivity index (χ1) is 7.44. The van der Waals surface area contributed by atoms with Crippen molar-refractivity contribution in [1.29, 1.82) is 0 Å². The quantitative estimate of drug-likeness (QED) is 0.765. The Morgan fingerprint density at radius 1 is 1.62 bits per heavy atom. The van der Waals surface area contributed by atoms with Gasteiger partial charge in [0.05, 0.1) is 6.54 Å². The van der Waals surface area contributed by atoms with E-state index in [9.17, 15) is 14.0 Å². The first-order valence-corrected chi connectivity index (χ1v) is 5.18. The topological polar surface area (TPSA) is 66.8 Å². The molecule has 1 N–H and O–H groups in total. The Bertz CT molecular complexity index is 293. The molecule has 92 valence electrons. The molecule has 1 saturated heterocycles. The predicted octanol–water partition coefficient (Wildman–Crippen LogP) is 0.437. The maximum Gasteiger partial charge on any atom is 0.343 e. The van der Waals surface area contributed by atoms with Crippen LogP contribution in [0.2, 0.25) is 0 Å². The molecule has 0 bridgehead atoms. The molecular formula is C10H16FNO4. The molecule has 0 radical (unpaired) electrons. The summed E-state index contributed by atoms with van der Waals surface area (Å²) in [5, 5.41) is 8.68. The molecule has 0 aromatic heterocycles. The fraction of sp³-hybridized carbons (Fsp3) is 0.800. The molecule has 0 aliphatic carbocycles. The standard InChI is InChI=1S/C10H16FNO4/c1-3-7(16-2)8(13)12-5-4-10(11,6-12)9(14)15/h7H,3-6H2,1-2H3,(H,14,15). The lowest BCUT2D eigenvalue weighted by molar-refractivity contribution is -0.151. The summed E-state index contributed by atoms with van der Waals surface area (Å²) in [6.07, 6.45) is -0.289. The minimum atomic E-state index is -2.30. The number of carboxylic acids is 1. The number of methoxy groups -OCH3 is 1. The number of amides is 1. The van der Waals surface area contributed by atoms with Crippen molar-refractivity contribution in [2.75, 3.05) is 20.2 Å². The van der Waals surface area contributed by atoms with Crippen LogP contribution in [0.3, 0.4) is 0 Å². The second-order valence-corrected chi connectivity index (χ2v) is 3.91. The van der Waals surface area contributed by atoms with Gasteiger partial charge in [-0.25, -0.2) is 9.18 Å². The molecule has 0 spiro atoms. The third kappa shape index (κ3) is 2.32. The minimum Gasteiger partial charge on any atom is -0.479 e. The number of aliphatic carboxylic acids is 1. The van der Waals surface area contributed by atoms with E-state index in [0.29, 0.717) is 6.42 Å². The van der Waals surface area contributed by atoms with Crippen molar-refractivity contribution < 1.29 is 23.8 Å². The number of carbonyl (C=O) groups is 2. The Kier molecular flexibility index (Phi) is 3.85. The normalized spacial score (nSPS) is 26.8. The fourth-order valence-electron chi connectivity index (χ4n) is 1.78. The van der Waals surface area contributed by atoms with Crippen molar-refractivity contribution in [3.05, 3.63) is 0 Å². The van der Waals surface area contributed by atoms with Gasteiger partial charge in [0.25, 0.3) is 5.91 Å². The maximum absolute atomic E-state index is 13.7. The summed E-state index contributed by atoms with van der Waals surface area (Å²) >= 11 is 0. The van der Waals surface area contributed by atoms with Crippen molar-refractivity contribution in [2.45, 2.75) is 31.5 Å². The summed E-state index contributed by atoms with van der Waals surface area (Å²) in [6.45, 7) is 1.52. The highest BCUT2D eigenvalue weighted by atomic mass is 19.1. The monoisotopic (exact) mass is 233 g/mol. The summed E-state index contributed by atoms with van der Waals surface area (Å²) in [7, 11) is 1.40. The van der Waals surface area contributed by atoms with Crippen molar-refractivity contribution in [3.8, 4) is 0 Å². The molecule has 0 aromatic carbocycles. The SMILES string of the molecule is CCC(OC)C(=O)N1CCC(F)(C(=O)O)C1. The summed E-state index contributed by atoms with van der Waals surface area (Å²) in [4.78, 5) is 23.6. The van der Waals surface area contributed by atoms with Gasteiger partial charge in [-0.3, -0.25) is 4.79 Å². The zero-order chi connectivity index (χ0) is 12.3. The molecule has 0 aromatic rings.